The fourth-order valence-electron chi connectivity index (χ4n) is 0.855. The van der Waals surface area contributed by atoms with Crippen molar-refractivity contribution < 1.29 is 17.9 Å². The summed E-state index contributed by atoms with van der Waals surface area (Å²) >= 11 is 3.02. The predicted molar refractivity (Wildman–Crippen MR) is 46.5 cm³/mol. The highest BCUT2D eigenvalue weighted by Crippen LogP contribution is 2.29. The van der Waals surface area contributed by atoms with Gasteiger partial charge in [-0.05, 0) is 15.9 Å². The SMILES string of the molecule is NCc1c(Br)cncc1OC(F)(F)F. The molecule has 0 aliphatic heterocycles. The minimum absolute atomic E-state index is 0.0610. The second-order valence-corrected chi connectivity index (χ2v) is 3.20. The zero-order valence-electron chi connectivity index (χ0n) is 6.81. The third-order valence-electron chi connectivity index (χ3n) is 1.40. The van der Waals surface area contributed by atoms with Crippen LogP contribution < -0.4 is 10.5 Å². The highest BCUT2D eigenvalue weighted by atomic mass is 79.9. The van der Waals surface area contributed by atoms with E-state index in [4.69, 9.17) is 5.73 Å². The van der Waals surface area contributed by atoms with Crippen molar-refractivity contribution in [2.75, 3.05) is 0 Å². The Balaban J connectivity index is 3.02. The molecule has 2 N–H and O–H groups in total. The minimum Gasteiger partial charge on any atom is -0.404 e. The van der Waals surface area contributed by atoms with E-state index in [1.54, 1.807) is 0 Å². The third kappa shape index (κ3) is 2.85. The molecule has 14 heavy (non-hydrogen) atoms. The number of rotatable bonds is 2. The molecule has 78 valence electrons. The summed E-state index contributed by atoms with van der Waals surface area (Å²) in [7, 11) is 0. The maximum Gasteiger partial charge on any atom is 0.573 e. The summed E-state index contributed by atoms with van der Waals surface area (Å²) in [5.74, 6) is -0.380. The highest BCUT2D eigenvalue weighted by molar-refractivity contribution is 9.10. The first-order chi connectivity index (χ1) is 6.44. The number of ether oxygens (including phenoxy) is 1. The normalized spacial score (nSPS) is 11.5. The average molecular weight is 271 g/mol. The van der Waals surface area contributed by atoms with Gasteiger partial charge in [0.15, 0.2) is 5.75 Å². The van der Waals surface area contributed by atoms with Gasteiger partial charge in [0.2, 0.25) is 0 Å². The Kier molecular flexibility index (Phi) is 3.33. The van der Waals surface area contributed by atoms with Crippen LogP contribution in [0.4, 0.5) is 13.2 Å². The summed E-state index contributed by atoms with van der Waals surface area (Å²) in [6, 6.07) is 0. The molecule has 0 atom stereocenters. The molecule has 1 heterocycles. The molecule has 0 aliphatic carbocycles. The molecule has 0 saturated heterocycles. The van der Waals surface area contributed by atoms with E-state index in [2.05, 4.69) is 25.7 Å². The van der Waals surface area contributed by atoms with E-state index in [-0.39, 0.29) is 17.9 Å². The molecule has 1 aromatic rings. The molecule has 0 amide bonds. The molecule has 0 fully saturated rings. The van der Waals surface area contributed by atoms with Crippen LogP contribution in [0.15, 0.2) is 16.9 Å². The lowest BCUT2D eigenvalue weighted by molar-refractivity contribution is -0.275. The van der Waals surface area contributed by atoms with Crippen LogP contribution in [-0.2, 0) is 6.54 Å². The largest absolute Gasteiger partial charge is 0.573 e. The highest BCUT2D eigenvalue weighted by Gasteiger charge is 2.32. The number of pyridine rings is 1. The summed E-state index contributed by atoms with van der Waals surface area (Å²) < 4.78 is 39.8. The molecular weight excluding hydrogens is 265 g/mol. The quantitative estimate of drug-likeness (QED) is 0.897. The van der Waals surface area contributed by atoms with Gasteiger partial charge in [0.25, 0.3) is 0 Å². The Bertz CT molecular complexity index is 329. The Morgan fingerprint density at radius 1 is 1.43 bits per heavy atom. The predicted octanol–water partition coefficient (Wildman–Crippen LogP) is 2.20. The van der Waals surface area contributed by atoms with E-state index in [1.807, 2.05) is 0 Å². The molecule has 1 aromatic heterocycles. The summed E-state index contributed by atoms with van der Waals surface area (Å²) in [4.78, 5) is 3.55. The molecule has 7 heteroatoms. The third-order valence-corrected chi connectivity index (χ3v) is 2.08. The van der Waals surface area contributed by atoms with E-state index < -0.39 is 6.36 Å². The zero-order chi connectivity index (χ0) is 10.8. The van der Waals surface area contributed by atoms with Gasteiger partial charge < -0.3 is 10.5 Å². The van der Waals surface area contributed by atoms with Crippen molar-refractivity contribution in [2.45, 2.75) is 12.9 Å². The van der Waals surface area contributed by atoms with Crippen LogP contribution in [0.2, 0.25) is 0 Å². The van der Waals surface area contributed by atoms with E-state index in [9.17, 15) is 13.2 Å². The number of hydrogen-bond donors (Lipinski definition) is 1. The number of alkyl halides is 3. The number of halogens is 4. The summed E-state index contributed by atoms with van der Waals surface area (Å²) in [5.41, 5.74) is 5.50. The molecule has 0 saturated carbocycles. The van der Waals surface area contributed by atoms with Gasteiger partial charge in [-0.1, -0.05) is 0 Å². The first-order valence-corrected chi connectivity index (χ1v) is 4.31. The second kappa shape index (κ2) is 4.14. The lowest BCUT2D eigenvalue weighted by Gasteiger charge is -2.12. The van der Waals surface area contributed by atoms with Crippen LogP contribution in [0.5, 0.6) is 5.75 Å². The van der Waals surface area contributed by atoms with Crippen molar-refractivity contribution in [1.29, 1.82) is 0 Å². The van der Waals surface area contributed by atoms with E-state index in [0.29, 0.717) is 4.47 Å². The van der Waals surface area contributed by atoms with Crippen LogP contribution in [-0.4, -0.2) is 11.3 Å². The van der Waals surface area contributed by atoms with Gasteiger partial charge in [-0.15, -0.1) is 13.2 Å². The molecular formula is C7H6BrF3N2O. The summed E-state index contributed by atoms with van der Waals surface area (Å²) in [6.45, 7) is -0.0610. The monoisotopic (exact) mass is 270 g/mol. The Labute approximate surface area is 86.2 Å². The maximum atomic E-state index is 11.9. The second-order valence-electron chi connectivity index (χ2n) is 2.35. The van der Waals surface area contributed by atoms with Gasteiger partial charge in [-0.3, -0.25) is 4.98 Å². The first kappa shape index (κ1) is 11.3. The van der Waals surface area contributed by atoms with Gasteiger partial charge in [0, 0.05) is 22.8 Å². The minimum atomic E-state index is -4.73. The van der Waals surface area contributed by atoms with E-state index in [1.165, 1.54) is 6.20 Å². The first-order valence-electron chi connectivity index (χ1n) is 3.52. The van der Waals surface area contributed by atoms with E-state index in [0.717, 1.165) is 6.20 Å². The molecule has 0 spiro atoms. The lowest BCUT2D eigenvalue weighted by atomic mass is 10.2. The molecule has 0 aromatic carbocycles. The molecule has 0 unspecified atom stereocenters. The number of nitrogens with zero attached hydrogens (tertiary/aromatic N) is 1. The van der Waals surface area contributed by atoms with Gasteiger partial charge in [-0.25, -0.2) is 0 Å². The maximum absolute atomic E-state index is 11.9. The molecule has 1 rings (SSSR count). The molecule has 0 aliphatic rings. The van der Waals surface area contributed by atoms with E-state index >= 15 is 0 Å². The van der Waals surface area contributed by atoms with Gasteiger partial charge in [-0.2, -0.15) is 0 Å². The van der Waals surface area contributed by atoms with Crippen LogP contribution in [0.3, 0.4) is 0 Å². The van der Waals surface area contributed by atoms with Crippen molar-refractivity contribution in [3.63, 3.8) is 0 Å². The number of nitrogens with two attached hydrogens (primary N) is 1. The Morgan fingerprint density at radius 2 is 2.07 bits per heavy atom. The lowest BCUT2D eigenvalue weighted by Crippen LogP contribution is -2.19. The summed E-state index contributed by atoms with van der Waals surface area (Å²) in [6.07, 6.45) is -2.40. The zero-order valence-corrected chi connectivity index (χ0v) is 8.39. The summed E-state index contributed by atoms with van der Waals surface area (Å²) in [5, 5.41) is 0. The smallest absolute Gasteiger partial charge is 0.404 e. The van der Waals surface area contributed by atoms with Crippen molar-refractivity contribution in [3.05, 3.63) is 22.4 Å². The molecule has 0 radical (unpaired) electrons. The standard InChI is InChI=1S/C7H6BrF3N2O/c8-5-2-13-3-6(4(5)1-12)14-7(9,10)11/h2-3H,1,12H2. The Hall–Kier alpha value is -0.820. The van der Waals surface area contributed by atoms with Gasteiger partial charge in [0.05, 0.1) is 6.20 Å². The van der Waals surface area contributed by atoms with Crippen LogP contribution in [0.25, 0.3) is 0 Å². The topological polar surface area (TPSA) is 48.1 Å². The van der Waals surface area contributed by atoms with Crippen LogP contribution in [0.1, 0.15) is 5.56 Å². The molecule has 0 bridgehead atoms. The van der Waals surface area contributed by atoms with Crippen LogP contribution in [0, 0.1) is 0 Å². The van der Waals surface area contributed by atoms with Crippen molar-refractivity contribution in [1.82, 2.24) is 4.98 Å². The van der Waals surface area contributed by atoms with Gasteiger partial charge in [0.1, 0.15) is 0 Å². The van der Waals surface area contributed by atoms with Crippen molar-refractivity contribution in [2.24, 2.45) is 5.73 Å². The fraction of sp³-hybridized carbons (Fsp3) is 0.286. The Morgan fingerprint density at radius 3 is 2.57 bits per heavy atom. The van der Waals surface area contributed by atoms with Crippen LogP contribution >= 0.6 is 15.9 Å². The van der Waals surface area contributed by atoms with Crippen molar-refractivity contribution in [3.8, 4) is 5.75 Å². The fourth-order valence-corrected chi connectivity index (χ4v) is 1.33. The van der Waals surface area contributed by atoms with Crippen molar-refractivity contribution >= 4 is 15.9 Å². The number of hydrogen-bond acceptors (Lipinski definition) is 3. The number of aromatic nitrogens is 1. The average Bonchev–Trinajstić information content (AvgIpc) is 2.01. The van der Waals surface area contributed by atoms with Gasteiger partial charge >= 0.3 is 6.36 Å². The molecule has 3 nitrogen and oxygen atoms in total.